The first kappa shape index (κ1) is 12.3. The first-order valence-corrected chi connectivity index (χ1v) is 7.26. The number of hydrogen-bond donors (Lipinski definition) is 0. The van der Waals surface area contributed by atoms with Crippen molar-refractivity contribution in [3.63, 3.8) is 0 Å². The van der Waals surface area contributed by atoms with Gasteiger partial charge in [0.25, 0.3) is 0 Å². The molecular formula is C15H15N5O. The average Bonchev–Trinajstić information content (AvgIpc) is 3.14. The lowest BCUT2D eigenvalue weighted by Crippen LogP contribution is -2.26. The number of rotatable bonds is 2. The maximum atomic E-state index is 8.80. The molecule has 0 spiro atoms. The van der Waals surface area contributed by atoms with Crippen LogP contribution in [0.25, 0.3) is 32.3 Å². The first-order valence-electron chi connectivity index (χ1n) is 7.26. The van der Waals surface area contributed by atoms with Crippen LogP contribution in [0.15, 0.2) is 40.2 Å². The van der Waals surface area contributed by atoms with Crippen LogP contribution in [-0.4, -0.2) is 15.8 Å². The van der Waals surface area contributed by atoms with E-state index in [0.717, 1.165) is 47.6 Å². The Morgan fingerprint density at radius 2 is 2.19 bits per heavy atom. The van der Waals surface area contributed by atoms with Crippen molar-refractivity contribution >= 4 is 21.9 Å². The molecule has 2 atom stereocenters. The number of benzene rings is 1. The van der Waals surface area contributed by atoms with Gasteiger partial charge in [-0.25, -0.2) is 0 Å². The van der Waals surface area contributed by atoms with Gasteiger partial charge >= 0.3 is 0 Å². The number of aromatic nitrogens is 2. The standard InChI is InChI=1S/C15H15N5O/c16-19-18-12-3-1-2-4-13(12)20-15-10(9-17-20)5-6-14-11(15)7-8-21-14/h5-9,12-13H,1-4H2. The second kappa shape index (κ2) is 4.82. The molecule has 1 fully saturated rings. The molecule has 106 valence electrons. The largest absolute Gasteiger partial charge is 0.464 e. The molecule has 1 saturated carbocycles. The van der Waals surface area contributed by atoms with Gasteiger partial charge in [0.1, 0.15) is 5.58 Å². The van der Waals surface area contributed by atoms with E-state index >= 15 is 0 Å². The summed E-state index contributed by atoms with van der Waals surface area (Å²) in [5.41, 5.74) is 10.7. The molecule has 0 bridgehead atoms. The van der Waals surface area contributed by atoms with Gasteiger partial charge in [-0.15, -0.1) is 0 Å². The van der Waals surface area contributed by atoms with Gasteiger partial charge in [-0.1, -0.05) is 18.0 Å². The highest BCUT2D eigenvalue weighted by molar-refractivity contribution is 6.03. The maximum Gasteiger partial charge on any atom is 0.136 e. The topological polar surface area (TPSA) is 79.7 Å². The minimum absolute atomic E-state index is 0.0194. The quantitative estimate of drug-likeness (QED) is 0.391. The van der Waals surface area contributed by atoms with Gasteiger partial charge in [-0.3, -0.25) is 4.68 Å². The van der Waals surface area contributed by atoms with E-state index in [0.29, 0.717) is 0 Å². The molecule has 1 aromatic carbocycles. The third-order valence-electron chi connectivity index (χ3n) is 4.40. The SMILES string of the molecule is [N-]=[N+]=NC1CCCCC1n1ncc2ccc3occc3c21. The van der Waals surface area contributed by atoms with Crippen LogP contribution in [0.3, 0.4) is 0 Å². The molecule has 0 aliphatic heterocycles. The first-order chi connectivity index (χ1) is 10.4. The minimum Gasteiger partial charge on any atom is -0.464 e. The lowest BCUT2D eigenvalue weighted by atomic mass is 9.91. The number of nitrogens with zero attached hydrogens (tertiary/aromatic N) is 5. The normalized spacial score (nSPS) is 22.5. The molecular weight excluding hydrogens is 266 g/mol. The Morgan fingerprint density at radius 1 is 1.29 bits per heavy atom. The number of furan rings is 1. The monoisotopic (exact) mass is 281 g/mol. The molecule has 6 nitrogen and oxygen atoms in total. The fourth-order valence-corrected chi connectivity index (χ4v) is 3.42. The van der Waals surface area contributed by atoms with Gasteiger partial charge < -0.3 is 4.42 Å². The van der Waals surface area contributed by atoms with E-state index in [2.05, 4.69) is 15.1 Å². The Balaban J connectivity index is 1.92. The van der Waals surface area contributed by atoms with Crippen molar-refractivity contribution < 1.29 is 4.42 Å². The van der Waals surface area contributed by atoms with Crippen LogP contribution in [0, 0.1) is 0 Å². The van der Waals surface area contributed by atoms with Crippen LogP contribution in [0.2, 0.25) is 0 Å². The van der Waals surface area contributed by atoms with Crippen LogP contribution in [0.1, 0.15) is 31.7 Å². The van der Waals surface area contributed by atoms with Crippen molar-refractivity contribution in [1.82, 2.24) is 9.78 Å². The fourth-order valence-electron chi connectivity index (χ4n) is 3.42. The highest BCUT2D eigenvalue weighted by Crippen LogP contribution is 2.35. The Morgan fingerprint density at radius 3 is 3.10 bits per heavy atom. The minimum atomic E-state index is -0.0194. The summed E-state index contributed by atoms with van der Waals surface area (Å²) in [7, 11) is 0. The summed E-state index contributed by atoms with van der Waals surface area (Å²) in [5, 5.41) is 10.7. The molecule has 1 aliphatic carbocycles. The van der Waals surface area contributed by atoms with E-state index in [9.17, 15) is 0 Å². The molecule has 2 aromatic heterocycles. The highest BCUT2D eigenvalue weighted by Gasteiger charge is 2.28. The van der Waals surface area contributed by atoms with E-state index in [-0.39, 0.29) is 12.1 Å². The van der Waals surface area contributed by atoms with Crippen LogP contribution in [-0.2, 0) is 0 Å². The van der Waals surface area contributed by atoms with Gasteiger partial charge in [0.15, 0.2) is 0 Å². The molecule has 0 radical (unpaired) electrons. The van der Waals surface area contributed by atoms with E-state index in [1.165, 1.54) is 0 Å². The molecule has 3 aromatic rings. The number of azide groups is 1. The van der Waals surface area contributed by atoms with Crippen LogP contribution >= 0.6 is 0 Å². The van der Waals surface area contributed by atoms with Crippen molar-refractivity contribution in [2.75, 3.05) is 0 Å². The van der Waals surface area contributed by atoms with Gasteiger partial charge in [0.05, 0.1) is 30.1 Å². The van der Waals surface area contributed by atoms with E-state index in [4.69, 9.17) is 9.95 Å². The molecule has 2 heterocycles. The summed E-state index contributed by atoms with van der Waals surface area (Å²) in [6.45, 7) is 0. The average molecular weight is 281 g/mol. The lowest BCUT2D eigenvalue weighted by molar-refractivity contribution is 0.293. The molecule has 6 heteroatoms. The van der Waals surface area contributed by atoms with E-state index in [1.54, 1.807) is 6.26 Å². The second-order valence-electron chi connectivity index (χ2n) is 5.55. The fraction of sp³-hybridized carbons (Fsp3) is 0.400. The molecule has 2 unspecified atom stereocenters. The van der Waals surface area contributed by atoms with Crippen molar-refractivity contribution in [2.45, 2.75) is 37.8 Å². The molecule has 4 rings (SSSR count). The summed E-state index contributed by atoms with van der Waals surface area (Å²) in [4.78, 5) is 3.02. The Labute approximate surface area is 121 Å². The smallest absolute Gasteiger partial charge is 0.136 e. The van der Waals surface area contributed by atoms with Crippen LogP contribution in [0.5, 0.6) is 0 Å². The van der Waals surface area contributed by atoms with Crippen molar-refractivity contribution in [3.05, 3.63) is 41.1 Å². The summed E-state index contributed by atoms with van der Waals surface area (Å²) in [6, 6.07) is 6.08. The molecule has 1 aliphatic rings. The molecule has 0 amide bonds. The Bertz CT molecular complexity index is 842. The zero-order chi connectivity index (χ0) is 14.2. The molecule has 0 saturated heterocycles. The predicted octanol–water partition coefficient (Wildman–Crippen LogP) is 4.58. The Kier molecular flexibility index (Phi) is 2.82. The van der Waals surface area contributed by atoms with Crippen LogP contribution in [0.4, 0.5) is 0 Å². The summed E-state index contributed by atoms with van der Waals surface area (Å²) < 4.78 is 7.52. The van der Waals surface area contributed by atoms with Gasteiger partial charge in [-0.05, 0) is 36.6 Å². The van der Waals surface area contributed by atoms with E-state index < -0.39 is 0 Å². The molecule has 21 heavy (non-hydrogen) atoms. The molecule has 0 N–H and O–H groups in total. The van der Waals surface area contributed by atoms with Crippen molar-refractivity contribution in [2.24, 2.45) is 5.11 Å². The number of fused-ring (bicyclic) bond motifs is 3. The van der Waals surface area contributed by atoms with E-state index in [1.807, 2.05) is 29.1 Å². The third kappa shape index (κ3) is 1.87. The summed E-state index contributed by atoms with van der Waals surface area (Å²) in [6.07, 6.45) is 7.76. The zero-order valence-corrected chi connectivity index (χ0v) is 11.5. The second-order valence-corrected chi connectivity index (χ2v) is 5.55. The zero-order valence-electron chi connectivity index (χ0n) is 11.5. The van der Waals surface area contributed by atoms with Crippen molar-refractivity contribution in [1.29, 1.82) is 0 Å². The van der Waals surface area contributed by atoms with Gasteiger partial charge in [0, 0.05) is 15.7 Å². The summed E-state index contributed by atoms with van der Waals surface area (Å²) in [5.74, 6) is 0. The summed E-state index contributed by atoms with van der Waals surface area (Å²) >= 11 is 0. The predicted molar refractivity (Wildman–Crippen MR) is 79.9 cm³/mol. The van der Waals surface area contributed by atoms with Crippen molar-refractivity contribution in [3.8, 4) is 0 Å². The number of hydrogen-bond acceptors (Lipinski definition) is 3. The van der Waals surface area contributed by atoms with Crippen LogP contribution < -0.4 is 0 Å². The highest BCUT2D eigenvalue weighted by atomic mass is 16.3. The maximum absolute atomic E-state index is 8.80. The Hall–Kier alpha value is -2.46. The van der Waals surface area contributed by atoms with Gasteiger partial charge in [0.2, 0.25) is 0 Å². The third-order valence-corrected chi connectivity index (χ3v) is 4.40. The van der Waals surface area contributed by atoms with Gasteiger partial charge in [-0.2, -0.15) is 5.10 Å². The lowest BCUT2D eigenvalue weighted by Gasteiger charge is -2.29.